The molecule has 1 amide bonds. The maximum absolute atomic E-state index is 14.0. The van der Waals surface area contributed by atoms with Crippen LogP contribution in [-0.4, -0.2) is 91.2 Å². The highest BCUT2D eigenvalue weighted by Gasteiger charge is 2.35. The number of halogens is 3. The number of rotatable bonds is 11. The average molecular weight is 650 g/mol. The number of likely N-dealkylation sites (N-methyl/N-ethyl adjacent to an activating group) is 1. The van der Waals surface area contributed by atoms with Gasteiger partial charge in [-0.3, -0.25) is 4.79 Å². The van der Waals surface area contributed by atoms with Gasteiger partial charge in [0.2, 0.25) is 12.5 Å². The summed E-state index contributed by atoms with van der Waals surface area (Å²) in [5.41, 5.74) is 2.30. The van der Waals surface area contributed by atoms with Crippen LogP contribution in [0.2, 0.25) is 5.02 Å². The number of anilines is 2. The van der Waals surface area contributed by atoms with Crippen molar-refractivity contribution in [3.63, 3.8) is 0 Å². The molecule has 1 saturated heterocycles. The van der Waals surface area contributed by atoms with E-state index in [4.69, 9.17) is 32.9 Å². The Morgan fingerprint density at radius 3 is 2.80 bits per heavy atom. The number of piperazine rings is 1. The van der Waals surface area contributed by atoms with Crippen LogP contribution in [0.1, 0.15) is 36.1 Å². The fraction of sp³-hybridized carbons (Fsp3) is 0.471. The molecular weight excluding hydrogens is 612 g/mol. The Bertz CT molecular complexity index is 1660. The molecule has 1 saturated carbocycles. The summed E-state index contributed by atoms with van der Waals surface area (Å²) >= 11 is 6.64. The highest BCUT2D eigenvalue weighted by Crippen LogP contribution is 2.40. The van der Waals surface area contributed by atoms with E-state index in [0.717, 1.165) is 41.5 Å². The van der Waals surface area contributed by atoms with Crippen molar-refractivity contribution in [2.45, 2.75) is 38.3 Å². The second-order valence-electron chi connectivity index (χ2n) is 12.3. The number of carbonyl (C=O) groups excluding carboxylic acids is 1. The van der Waals surface area contributed by atoms with E-state index in [1.165, 1.54) is 31.1 Å². The Hall–Kier alpha value is -4.01. The van der Waals surface area contributed by atoms with Gasteiger partial charge in [0.25, 0.3) is 6.43 Å². The molecule has 3 aromatic rings. The Balaban J connectivity index is 1.33. The Labute approximate surface area is 273 Å². The maximum atomic E-state index is 14.0. The van der Waals surface area contributed by atoms with Crippen molar-refractivity contribution >= 4 is 39.8 Å². The van der Waals surface area contributed by atoms with Crippen LogP contribution < -0.4 is 14.5 Å². The number of amides is 1. The molecule has 1 aromatic heterocycles. The fourth-order valence-corrected chi connectivity index (χ4v) is 6.80. The lowest BCUT2D eigenvalue weighted by atomic mass is 9.99. The number of hydrogen-bond acceptors (Lipinski definition) is 7. The molecule has 2 aliphatic heterocycles. The predicted octanol–water partition coefficient (Wildman–Crippen LogP) is 5.63. The molecule has 1 atom stereocenters. The van der Waals surface area contributed by atoms with Crippen LogP contribution in [0.3, 0.4) is 0 Å². The smallest absolute Gasteiger partial charge is 0.318 e. The summed E-state index contributed by atoms with van der Waals surface area (Å²) in [6.45, 7) is 15.8. The first-order valence-corrected chi connectivity index (χ1v) is 16.1. The van der Waals surface area contributed by atoms with Crippen LogP contribution in [0.15, 0.2) is 43.0 Å². The molecule has 2 aromatic carbocycles. The van der Waals surface area contributed by atoms with Crippen molar-refractivity contribution < 1.29 is 18.3 Å². The second-order valence-corrected chi connectivity index (χ2v) is 12.7. The van der Waals surface area contributed by atoms with Crippen molar-refractivity contribution in [2.75, 3.05) is 69.3 Å². The first-order valence-electron chi connectivity index (χ1n) is 15.7. The highest BCUT2D eigenvalue weighted by atomic mass is 35.5. The number of hydrogen-bond donors (Lipinski definition) is 0. The molecule has 0 unspecified atom stereocenters. The minimum Gasteiger partial charge on any atom is -0.462 e. The SMILES string of the molecule is [C-]#[N+]C[C@H]1CN(c2nc(OCCN(C)CC3CC3)nc3c2CCN(c2cc(C(F)F)cc4cccc(Cl)c24)C3)CCN1C(=O)C=C. The molecule has 0 radical (unpaired) electrons. The molecule has 3 aliphatic rings. The number of benzene rings is 2. The van der Waals surface area contributed by atoms with E-state index in [9.17, 15) is 13.6 Å². The van der Waals surface area contributed by atoms with Crippen LogP contribution in [0.25, 0.3) is 15.6 Å². The first-order chi connectivity index (χ1) is 22.2. The van der Waals surface area contributed by atoms with Gasteiger partial charge in [0.1, 0.15) is 18.5 Å². The first kappa shape index (κ1) is 32.0. The van der Waals surface area contributed by atoms with Crippen LogP contribution in [-0.2, 0) is 17.8 Å². The Morgan fingerprint density at radius 2 is 2.07 bits per heavy atom. The average Bonchev–Trinajstić information content (AvgIpc) is 3.87. The van der Waals surface area contributed by atoms with Gasteiger partial charge >= 0.3 is 6.01 Å². The van der Waals surface area contributed by atoms with Crippen molar-refractivity contribution in [2.24, 2.45) is 5.92 Å². The van der Waals surface area contributed by atoms with Crippen molar-refractivity contribution in [3.05, 3.63) is 76.2 Å². The van der Waals surface area contributed by atoms with Gasteiger partial charge in [0, 0.05) is 61.5 Å². The Kier molecular flexibility index (Phi) is 9.57. The molecule has 6 rings (SSSR count). The van der Waals surface area contributed by atoms with E-state index in [2.05, 4.69) is 33.2 Å². The van der Waals surface area contributed by atoms with Crippen LogP contribution in [0, 0.1) is 12.5 Å². The van der Waals surface area contributed by atoms with Crippen LogP contribution >= 0.6 is 11.6 Å². The third kappa shape index (κ3) is 6.88. The molecule has 9 nitrogen and oxygen atoms in total. The quantitative estimate of drug-likeness (QED) is 0.197. The molecule has 0 N–H and O–H groups in total. The zero-order chi connectivity index (χ0) is 32.4. The summed E-state index contributed by atoms with van der Waals surface area (Å²) in [6.07, 6.45) is 1.79. The lowest BCUT2D eigenvalue weighted by Crippen LogP contribution is -2.56. The fourth-order valence-electron chi connectivity index (χ4n) is 6.52. The van der Waals surface area contributed by atoms with Crippen molar-refractivity contribution in [1.82, 2.24) is 19.8 Å². The van der Waals surface area contributed by atoms with Crippen LogP contribution in [0.5, 0.6) is 6.01 Å². The van der Waals surface area contributed by atoms with Gasteiger partial charge in [-0.1, -0.05) is 30.3 Å². The molecule has 0 bridgehead atoms. The standard InChI is InChI=1S/C34H38ClF2N7O2/c1-4-30(45)44-13-12-43(20-25(44)18-38-2)33-26-10-11-42(29-17-24(32(36)37)16-23-6-5-7-27(35)31(23)29)21-28(26)39-34(40-33)46-15-14-41(3)19-22-8-9-22/h4-7,16-17,22,25,32H,1,8-15,18-21H2,3H3/t25-/m0/s1. The topological polar surface area (TPSA) is 69.4 Å². The molecule has 12 heteroatoms. The summed E-state index contributed by atoms with van der Waals surface area (Å²) in [5.74, 6) is 1.31. The van der Waals surface area contributed by atoms with Gasteiger partial charge in [0.15, 0.2) is 0 Å². The third-order valence-corrected chi connectivity index (χ3v) is 9.37. The summed E-state index contributed by atoms with van der Waals surface area (Å²) < 4.78 is 34.1. The van der Waals surface area contributed by atoms with E-state index in [0.29, 0.717) is 61.8 Å². The van der Waals surface area contributed by atoms with E-state index >= 15 is 0 Å². The summed E-state index contributed by atoms with van der Waals surface area (Å²) in [6, 6.07) is 8.32. The molecule has 1 aliphatic carbocycles. The predicted molar refractivity (Wildman–Crippen MR) is 176 cm³/mol. The number of carbonyl (C=O) groups is 1. The number of aromatic nitrogens is 2. The van der Waals surface area contributed by atoms with Gasteiger partial charge in [-0.2, -0.15) is 9.97 Å². The van der Waals surface area contributed by atoms with Crippen molar-refractivity contribution in [3.8, 4) is 6.01 Å². The van der Waals surface area contributed by atoms with Gasteiger partial charge in [-0.25, -0.2) is 15.4 Å². The summed E-state index contributed by atoms with van der Waals surface area (Å²) in [7, 11) is 2.09. The monoisotopic (exact) mass is 649 g/mol. The summed E-state index contributed by atoms with van der Waals surface area (Å²) in [4.78, 5) is 34.0. The van der Waals surface area contributed by atoms with Gasteiger partial charge < -0.3 is 29.2 Å². The third-order valence-electron chi connectivity index (χ3n) is 9.06. The minimum absolute atomic E-state index is 0.0592. The van der Waals surface area contributed by atoms with Gasteiger partial charge in [-0.05, 0) is 61.9 Å². The van der Waals surface area contributed by atoms with E-state index < -0.39 is 6.43 Å². The Morgan fingerprint density at radius 1 is 1.24 bits per heavy atom. The lowest BCUT2D eigenvalue weighted by molar-refractivity contribution is -0.128. The normalized spacial score (nSPS) is 18.2. The summed E-state index contributed by atoms with van der Waals surface area (Å²) in [5, 5.41) is 1.89. The molecule has 3 heterocycles. The minimum atomic E-state index is -2.62. The molecule has 46 heavy (non-hydrogen) atoms. The van der Waals surface area contributed by atoms with Gasteiger partial charge in [0.05, 0.1) is 17.3 Å². The molecule has 2 fully saturated rings. The van der Waals surface area contributed by atoms with Crippen molar-refractivity contribution in [1.29, 1.82) is 0 Å². The highest BCUT2D eigenvalue weighted by molar-refractivity contribution is 6.36. The van der Waals surface area contributed by atoms with Crippen LogP contribution in [0.4, 0.5) is 20.3 Å². The zero-order valence-electron chi connectivity index (χ0n) is 26.0. The van der Waals surface area contributed by atoms with E-state index in [-0.39, 0.29) is 30.1 Å². The number of nitrogens with zero attached hydrogens (tertiary/aromatic N) is 7. The maximum Gasteiger partial charge on any atom is 0.318 e. The molecular formula is C34H38ClF2N7O2. The van der Waals surface area contributed by atoms with E-state index in [1.807, 2.05) is 0 Å². The number of alkyl halides is 2. The second kappa shape index (κ2) is 13.8. The lowest BCUT2D eigenvalue weighted by Gasteiger charge is -2.41. The van der Waals surface area contributed by atoms with Gasteiger partial charge in [-0.15, -0.1) is 0 Å². The zero-order valence-corrected chi connectivity index (χ0v) is 26.7. The van der Waals surface area contributed by atoms with E-state index in [1.54, 1.807) is 23.1 Å². The largest absolute Gasteiger partial charge is 0.462 e. The molecule has 242 valence electrons. The number of fused-ring (bicyclic) bond motifs is 2. The number of ether oxygens (including phenoxy) is 1. The molecule has 0 spiro atoms.